The molecule has 0 unspecified atom stereocenters. The third kappa shape index (κ3) is 5.08. The van der Waals surface area contributed by atoms with Crippen LogP contribution < -0.4 is 20.1 Å². The van der Waals surface area contributed by atoms with Crippen LogP contribution in [0.1, 0.15) is 18.4 Å². The van der Waals surface area contributed by atoms with E-state index in [1.165, 1.54) is 10.5 Å². The van der Waals surface area contributed by atoms with E-state index >= 15 is 0 Å². The lowest BCUT2D eigenvalue weighted by Crippen LogP contribution is -2.37. The summed E-state index contributed by atoms with van der Waals surface area (Å²) in [7, 11) is 1.69. The van der Waals surface area contributed by atoms with Crippen LogP contribution >= 0.6 is 11.8 Å². The minimum absolute atomic E-state index is 0.211. The number of hydrogen-bond donors (Lipinski definition) is 1. The van der Waals surface area contributed by atoms with E-state index in [4.69, 9.17) is 20.2 Å². The van der Waals surface area contributed by atoms with Crippen LogP contribution in [0.25, 0.3) is 0 Å². The summed E-state index contributed by atoms with van der Waals surface area (Å²) < 4.78 is 11.9. The van der Waals surface area contributed by atoms with E-state index in [2.05, 4.69) is 57.2 Å². The number of benzene rings is 2. The second-order valence-corrected chi connectivity index (χ2v) is 10.4. The molecule has 0 amide bonds. The molecule has 188 valence electrons. The molecule has 0 aliphatic carbocycles. The van der Waals surface area contributed by atoms with Gasteiger partial charge in [0.05, 0.1) is 17.7 Å². The first kappa shape index (κ1) is 23.6. The summed E-state index contributed by atoms with van der Waals surface area (Å²) in [5.74, 6) is 3.21. The Hall–Kier alpha value is -3.75. The zero-order chi connectivity index (χ0) is 25.2. The van der Waals surface area contributed by atoms with Gasteiger partial charge in [0, 0.05) is 48.7 Å². The maximum Gasteiger partial charge on any atom is 0.151 e. The summed E-state index contributed by atoms with van der Waals surface area (Å²) in [5.41, 5.74) is 9.13. The van der Waals surface area contributed by atoms with Crippen LogP contribution in [0.15, 0.2) is 88.9 Å². The predicted octanol–water partition coefficient (Wildman–Crippen LogP) is 6.05. The van der Waals surface area contributed by atoms with Crippen LogP contribution in [0.4, 0.5) is 23.0 Å². The van der Waals surface area contributed by atoms with Crippen LogP contribution in [-0.4, -0.2) is 41.2 Å². The van der Waals surface area contributed by atoms with E-state index in [0.717, 1.165) is 66.1 Å². The fraction of sp³-hybridized carbons (Fsp3) is 0.241. The third-order valence-electron chi connectivity index (χ3n) is 6.77. The van der Waals surface area contributed by atoms with Gasteiger partial charge < -0.3 is 15.2 Å². The monoisotopic (exact) mass is 511 g/mol. The highest BCUT2D eigenvalue weighted by Crippen LogP contribution is 2.51. The van der Waals surface area contributed by atoms with Crippen LogP contribution in [-0.2, 0) is 6.54 Å². The zero-order valence-corrected chi connectivity index (χ0v) is 21.5. The number of fused-ring (bicyclic) bond motifs is 2. The molecule has 4 aromatic rings. The molecule has 0 saturated carbocycles. The van der Waals surface area contributed by atoms with Crippen LogP contribution in [0.2, 0.25) is 0 Å². The number of nitrogens with zero attached hydrogens (tertiary/aromatic N) is 4. The van der Waals surface area contributed by atoms with Gasteiger partial charge in [-0.15, -0.1) is 0 Å². The summed E-state index contributed by atoms with van der Waals surface area (Å²) >= 11 is 1.73. The Bertz CT molecular complexity index is 1390. The Morgan fingerprint density at radius 2 is 1.73 bits per heavy atom. The molecule has 8 heteroatoms. The molecule has 2 aliphatic rings. The second kappa shape index (κ2) is 10.3. The maximum absolute atomic E-state index is 6.38. The second-order valence-electron chi connectivity index (χ2n) is 9.27. The van der Waals surface area contributed by atoms with Crippen molar-refractivity contribution in [2.75, 3.05) is 30.8 Å². The molecule has 2 N–H and O–H groups in total. The lowest BCUT2D eigenvalue weighted by Gasteiger charge is -2.33. The quantitative estimate of drug-likeness (QED) is 0.295. The molecule has 1 fully saturated rings. The Kier molecular flexibility index (Phi) is 6.59. The van der Waals surface area contributed by atoms with Crippen molar-refractivity contribution in [1.29, 1.82) is 0 Å². The van der Waals surface area contributed by atoms with Gasteiger partial charge in [0.15, 0.2) is 5.82 Å². The van der Waals surface area contributed by atoms with Gasteiger partial charge in [0.1, 0.15) is 23.4 Å². The van der Waals surface area contributed by atoms with Crippen molar-refractivity contribution in [1.82, 2.24) is 14.9 Å². The van der Waals surface area contributed by atoms with Crippen LogP contribution in [0, 0.1) is 0 Å². The molecule has 6 rings (SSSR count). The van der Waals surface area contributed by atoms with Crippen molar-refractivity contribution in [2.24, 2.45) is 0 Å². The number of likely N-dealkylation sites (tertiary alicyclic amines) is 1. The fourth-order valence-corrected chi connectivity index (χ4v) is 5.92. The topological polar surface area (TPSA) is 76.7 Å². The average molecular weight is 512 g/mol. The van der Waals surface area contributed by atoms with Crippen molar-refractivity contribution >= 4 is 34.8 Å². The molecule has 2 aromatic carbocycles. The molecule has 37 heavy (non-hydrogen) atoms. The van der Waals surface area contributed by atoms with Crippen molar-refractivity contribution in [3.05, 3.63) is 84.7 Å². The number of ether oxygens (including phenoxy) is 2. The highest BCUT2D eigenvalue weighted by atomic mass is 32.2. The first-order valence-electron chi connectivity index (χ1n) is 12.5. The van der Waals surface area contributed by atoms with Gasteiger partial charge in [0.25, 0.3) is 0 Å². The number of anilines is 4. The molecule has 0 atom stereocenters. The van der Waals surface area contributed by atoms with E-state index in [9.17, 15) is 0 Å². The third-order valence-corrected chi connectivity index (χ3v) is 7.88. The predicted molar refractivity (Wildman–Crippen MR) is 147 cm³/mol. The molecular formula is C29H29N5O2S. The number of nitrogens with two attached hydrogens (primary N) is 1. The van der Waals surface area contributed by atoms with Gasteiger partial charge in [0.2, 0.25) is 0 Å². The summed E-state index contributed by atoms with van der Waals surface area (Å²) in [4.78, 5) is 15.7. The minimum Gasteiger partial charge on any atom is -0.497 e. The molecule has 0 radical (unpaired) electrons. The van der Waals surface area contributed by atoms with Crippen molar-refractivity contribution < 1.29 is 9.47 Å². The van der Waals surface area contributed by atoms with Gasteiger partial charge in [-0.1, -0.05) is 11.8 Å². The van der Waals surface area contributed by atoms with Gasteiger partial charge >= 0.3 is 0 Å². The highest BCUT2D eigenvalue weighted by molar-refractivity contribution is 7.99. The highest BCUT2D eigenvalue weighted by Gasteiger charge is 2.27. The molecule has 1 saturated heterocycles. The van der Waals surface area contributed by atoms with Gasteiger partial charge in [-0.3, -0.25) is 9.80 Å². The van der Waals surface area contributed by atoms with E-state index in [1.54, 1.807) is 25.1 Å². The fourth-order valence-electron chi connectivity index (χ4n) is 4.91. The number of aromatic nitrogens is 2. The standard InChI is InChI=1S/C29H29N5O2S/c1-35-24-8-9-26-25(18-24)34(29-27(37-26)3-2-13-32-29)21-4-6-22(7-5-21)36-23-11-15-33(16-12-23)19-20-10-14-31-28(30)17-20/h2-10,13-14,17-18,23H,11-12,15-16,19H2,1H3,(H2,30,31). The smallest absolute Gasteiger partial charge is 0.151 e. The SMILES string of the molecule is COc1ccc2c(c1)N(c1ccc(OC3CCN(Cc4ccnc(N)c4)CC3)cc1)c1ncccc1S2. The number of hydrogen-bond acceptors (Lipinski definition) is 8. The molecule has 2 aromatic heterocycles. The summed E-state index contributed by atoms with van der Waals surface area (Å²) in [6, 6.07) is 22.6. The Morgan fingerprint density at radius 3 is 2.51 bits per heavy atom. The van der Waals surface area contributed by atoms with Crippen molar-refractivity contribution in [3.63, 3.8) is 0 Å². The summed E-state index contributed by atoms with van der Waals surface area (Å²) in [6.07, 6.45) is 5.82. The summed E-state index contributed by atoms with van der Waals surface area (Å²) in [6.45, 7) is 2.89. The normalized spacial score (nSPS) is 15.6. The van der Waals surface area contributed by atoms with Crippen LogP contribution in [0.5, 0.6) is 11.5 Å². The molecule has 2 aliphatic heterocycles. The van der Waals surface area contributed by atoms with Gasteiger partial charge in [-0.2, -0.15) is 0 Å². The number of rotatable bonds is 6. The Balaban J connectivity index is 1.15. The Labute approximate surface area is 221 Å². The summed E-state index contributed by atoms with van der Waals surface area (Å²) in [5, 5.41) is 0. The molecular weight excluding hydrogens is 482 g/mol. The lowest BCUT2D eigenvalue weighted by molar-refractivity contribution is 0.0968. The molecule has 0 spiro atoms. The molecule has 7 nitrogen and oxygen atoms in total. The molecule has 0 bridgehead atoms. The molecule has 4 heterocycles. The van der Waals surface area contributed by atoms with Gasteiger partial charge in [-0.25, -0.2) is 9.97 Å². The number of pyridine rings is 2. The van der Waals surface area contributed by atoms with E-state index in [0.29, 0.717) is 5.82 Å². The van der Waals surface area contributed by atoms with Crippen molar-refractivity contribution in [3.8, 4) is 11.5 Å². The number of piperidine rings is 1. The van der Waals surface area contributed by atoms with Gasteiger partial charge in [-0.05, 0) is 79.1 Å². The van der Waals surface area contributed by atoms with E-state index in [1.807, 2.05) is 30.5 Å². The van der Waals surface area contributed by atoms with Crippen molar-refractivity contribution in [2.45, 2.75) is 35.3 Å². The lowest BCUT2D eigenvalue weighted by atomic mass is 10.1. The largest absolute Gasteiger partial charge is 0.497 e. The van der Waals surface area contributed by atoms with Crippen LogP contribution in [0.3, 0.4) is 0 Å². The van der Waals surface area contributed by atoms with E-state index in [-0.39, 0.29) is 6.10 Å². The minimum atomic E-state index is 0.211. The Morgan fingerprint density at radius 1 is 0.919 bits per heavy atom. The number of methoxy groups -OCH3 is 1. The number of nitrogen functional groups attached to an aromatic ring is 1. The zero-order valence-electron chi connectivity index (χ0n) is 20.7. The average Bonchev–Trinajstić information content (AvgIpc) is 2.93. The first-order chi connectivity index (χ1) is 18.2. The van der Waals surface area contributed by atoms with E-state index < -0.39 is 0 Å². The first-order valence-corrected chi connectivity index (χ1v) is 13.3. The maximum atomic E-state index is 6.38.